The maximum absolute atomic E-state index is 12.8. The standard InChI is InChI=1S/C22H30O3/c23-21(13-14-22(24)25)20-15-18(16-7-3-1-4-8-16)11-12-19(20)17-9-5-2-6-10-17/h11-12,15-17H,1-10,13-14H2,(H,24,25). The fourth-order valence-corrected chi connectivity index (χ4v) is 4.63. The van der Waals surface area contributed by atoms with Gasteiger partial charge >= 0.3 is 5.97 Å². The SMILES string of the molecule is O=C(O)CCC(=O)c1cc(C2CCCCC2)ccc1C1CCCCC1. The smallest absolute Gasteiger partial charge is 0.303 e. The number of hydrogen-bond donors (Lipinski definition) is 1. The van der Waals surface area contributed by atoms with Crippen LogP contribution in [0, 0.1) is 0 Å². The molecule has 1 aromatic rings. The summed E-state index contributed by atoms with van der Waals surface area (Å²) in [5.41, 5.74) is 3.28. The first-order valence-corrected chi connectivity index (χ1v) is 10.0. The largest absolute Gasteiger partial charge is 0.481 e. The Morgan fingerprint density at radius 1 is 0.840 bits per heavy atom. The van der Waals surface area contributed by atoms with E-state index < -0.39 is 5.97 Å². The zero-order valence-electron chi connectivity index (χ0n) is 15.1. The summed E-state index contributed by atoms with van der Waals surface area (Å²) in [6, 6.07) is 6.55. The quantitative estimate of drug-likeness (QED) is 0.662. The fraction of sp³-hybridized carbons (Fsp3) is 0.636. The van der Waals surface area contributed by atoms with Gasteiger partial charge in [-0.05, 0) is 54.7 Å². The molecule has 2 aliphatic carbocycles. The van der Waals surface area contributed by atoms with E-state index in [0.717, 1.165) is 18.4 Å². The lowest BCUT2D eigenvalue weighted by Crippen LogP contribution is -2.14. The molecule has 0 bridgehead atoms. The minimum Gasteiger partial charge on any atom is -0.481 e. The van der Waals surface area contributed by atoms with Crippen molar-refractivity contribution in [3.05, 3.63) is 34.9 Å². The van der Waals surface area contributed by atoms with Gasteiger partial charge in [-0.25, -0.2) is 0 Å². The molecule has 2 aliphatic rings. The van der Waals surface area contributed by atoms with Gasteiger partial charge in [-0.3, -0.25) is 9.59 Å². The lowest BCUT2D eigenvalue weighted by molar-refractivity contribution is -0.136. The molecule has 0 atom stereocenters. The van der Waals surface area contributed by atoms with Crippen LogP contribution in [0.5, 0.6) is 0 Å². The van der Waals surface area contributed by atoms with E-state index in [9.17, 15) is 9.59 Å². The van der Waals surface area contributed by atoms with E-state index in [0.29, 0.717) is 11.8 Å². The number of benzene rings is 1. The summed E-state index contributed by atoms with van der Waals surface area (Å²) >= 11 is 0. The third-order valence-electron chi connectivity index (χ3n) is 6.07. The van der Waals surface area contributed by atoms with Crippen LogP contribution in [-0.4, -0.2) is 16.9 Å². The third kappa shape index (κ3) is 4.71. The van der Waals surface area contributed by atoms with Crippen molar-refractivity contribution in [3.63, 3.8) is 0 Å². The van der Waals surface area contributed by atoms with Crippen molar-refractivity contribution >= 4 is 11.8 Å². The van der Waals surface area contributed by atoms with Gasteiger partial charge < -0.3 is 5.11 Å². The van der Waals surface area contributed by atoms with Gasteiger partial charge in [-0.1, -0.05) is 50.7 Å². The van der Waals surface area contributed by atoms with Crippen LogP contribution in [0.3, 0.4) is 0 Å². The molecule has 2 fully saturated rings. The van der Waals surface area contributed by atoms with E-state index in [4.69, 9.17) is 5.11 Å². The van der Waals surface area contributed by atoms with E-state index in [-0.39, 0.29) is 18.6 Å². The van der Waals surface area contributed by atoms with Crippen LogP contribution in [-0.2, 0) is 4.79 Å². The first kappa shape index (κ1) is 18.2. The third-order valence-corrected chi connectivity index (χ3v) is 6.07. The number of Topliss-reactive ketones (excluding diaryl/α,β-unsaturated/α-hetero) is 1. The minimum atomic E-state index is -0.893. The topological polar surface area (TPSA) is 54.4 Å². The Balaban J connectivity index is 1.87. The van der Waals surface area contributed by atoms with Gasteiger partial charge in [0.1, 0.15) is 0 Å². The second-order valence-corrected chi connectivity index (χ2v) is 7.83. The summed E-state index contributed by atoms with van der Waals surface area (Å²) in [5.74, 6) is 0.162. The minimum absolute atomic E-state index is 0.0145. The molecule has 0 aromatic heterocycles. The molecule has 2 saturated carbocycles. The molecule has 1 aromatic carbocycles. The van der Waals surface area contributed by atoms with Crippen LogP contribution in [0.25, 0.3) is 0 Å². The molecule has 0 spiro atoms. The monoisotopic (exact) mass is 342 g/mol. The molecule has 3 heteroatoms. The van der Waals surface area contributed by atoms with Crippen LogP contribution in [0.15, 0.2) is 18.2 Å². The maximum atomic E-state index is 12.8. The van der Waals surface area contributed by atoms with E-state index in [1.165, 1.54) is 62.5 Å². The van der Waals surface area contributed by atoms with Crippen LogP contribution in [0.4, 0.5) is 0 Å². The molecule has 0 radical (unpaired) electrons. The summed E-state index contributed by atoms with van der Waals surface area (Å²) in [4.78, 5) is 23.7. The molecule has 25 heavy (non-hydrogen) atoms. The van der Waals surface area contributed by atoms with E-state index >= 15 is 0 Å². The van der Waals surface area contributed by atoms with Crippen molar-refractivity contribution in [2.24, 2.45) is 0 Å². The zero-order valence-corrected chi connectivity index (χ0v) is 15.1. The van der Waals surface area contributed by atoms with Crippen molar-refractivity contribution < 1.29 is 14.7 Å². The predicted octanol–water partition coefficient (Wildman–Crippen LogP) is 5.83. The number of carboxylic acid groups (broad SMARTS) is 1. The Morgan fingerprint density at radius 3 is 2.04 bits per heavy atom. The average Bonchev–Trinajstić information content (AvgIpc) is 2.67. The highest BCUT2D eigenvalue weighted by molar-refractivity contribution is 5.99. The Morgan fingerprint density at radius 2 is 1.44 bits per heavy atom. The molecule has 1 N–H and O–H groups in total. The second-order valence-electron chi connectivity index (χ2n) is 7.83. The highest BCUT2D eigenvalue weighted by Crippen LogP contribution is 2.38. The van der Waals surface area contributed by atoms with Crippen LogP contribution < -0.4 is 0 Å². The Bertz CT molecular complexity index is 608. The molecule has 136 valence electrons. The first-order chi connectivity index (χ1) is 12.1. The zero-order chi connectivity index (χ0) is 17.6. The lowest BCUT2D eigenvalue weighted by atomic mass is 9.78. The molecule has 0 saturated heterocycles. The number of hydrogen-bond acceptors (Lipinski definition) is 2. The highest BCUT2D eigenvalue weighted by Gasteiger charge is 2.24. The molecular formula is C22H30O3. The second kappa shape index (κ2) is 8.64. The van der Waals surface area contributed by atoms with Gasteiger partial charge in [0.2, 0.25) is 0 Å². The van der Waals surface area contributed by atoms with Gasteiger partial charge in [0.05, 0.1) is 6.42 Å². The van der Waals surface area contributed by atoms with Crippen molar-refractivity contribution in [2.45, 2.75) is 88.9 Å². The normalized spacial score (nSPS) is 19.7. The maximum Gasteiger partial charge on any atom is 0.303 e. The van der Waals surface area contributed by atoms with Crippen LogP contribution >= 0.6 is 0 Å². The molecule has 0 amide bonds. The number of rotatable bonds is 6. The summed E-state index contributed by atoms with van der Waals surface area (Å²) in [6.45, 7) is 0. The van der Waals surface area contributed by atoms with Gasteiger partial charge in [-0.2, -0.15) is 0 Å². The van der Waals surface area contributed by atoms with Crippen molar-refractivity contribution in [1.82, 2.24) is 0 Å². The van der Waals surface area contributed by atoms with E-state index in [2.05, 4.69) is 18.2 Å². The molecule has 0 heterocycles. The van der Waals surface area contributed by atoms with Crippen molar-refractivity contribution in [2.75, 3.05) is 0 Å². The molecular weight excluding hydrogens is 312 g/mol. The lowest BCUT2D eigenvalue weighted by Gasteiger charge is -2.27. The number of carbonyl (C=O) groups excluding carboxylic acids is 1. The van der Waals surface area contributed by atoms with Gasteiger partial charge in [0.25, 0.3) is 0 Å². The summed E-state index contributed by atoms with van der Waals surface area (Å²) in [5, 5.41) is 8.93. The number of aliphatic carboxylic acids is 1. The van der Waals surface area contributed by atoms with Crippen LogP contribution in [0.1, 0.15) is 110 Å². The summed E-state index contributed by atoms with van der Waals surface area (Å²) < 4.78 is 0. The summed E-state index contributed by atoms with van der Waals surface area (Å²) in [7, 11) is 0. The fourth-order valence-electron chi connectivity index (χ4n) is 4.63. The predicted molar refractivity (Wildman–Crippen MR) is 99.3 cm³/mol. The Kier molecular flexibility index (Phi) is 6.28. The van der Waals surface area contributed by atoms with Gasteiger partial charge in [0.15, 0.2) is 5.78 Å². The van der Waals surface area contributed by atoms with Crippen molar-refractivity contribution in [3.8, 4) is 0 Å². The van der Waals surface area contributed by atoms with E-state index in [1.54, 1.807) is 0 Å². The van der Waals surface area contributed by atoms with Crippen LogP contribution in [0.2, 0.25) is 0 Å². The molecule has 0 unspecified atom stereocenters. The van der Waals surface area contributed by atoms with E-state index in [1.807, 2.05) is 0 Å². The number of ketones is 1. The first-order valence-electron chi connectivity index (χ1n) is 10.0. The molecule has 3 nitrogen and oxygen atoms in total. The van der Waals surface area contributed by atoms with Gasteiger partial charge in [-0.15, -0.1) is 0 Å². The Labute approximate surface area is 150 Å². The molecule has 0 aliphatic heterocycles. The number of carbonyl (C=O) groups is 2. The Hall–Kier alpha value is -1.64. The molecule has 3 rings (SSSR count). The highest BCUT2D eigenvalue weighted by atomic mass is 16.4. The average molecular weight is 342 g/mol. The van der Waals surface area contributed by atoms with Crippen molar-refractivity contribution in [1.29, 1.82) is 0 Å². The number of carboxylic acids is 1. The summed E-state index contributed by atoms with van der Waals surface area (Å²) in [6.07, 6.45) is 12.4. The van der Waals surface area contributed by atoms with Gasteiger partial charge in [0, 0.05) is 12.0 Å².